The van der Waals surface area contributed by atoms with E-state index in [1.807, 2.05) is 41.5 Å². The summed E-state index contributed by atoms with van der Waals surface area (Å²) in [6.07, 6.45) is 3.55. The maximum Gasteiger partial charge on any atom is 0.407 e. The van der Waals surface area contributed by atoms with Crippen LogP contribution in [-0.2, 0) is 73.8 Å². The average Bonchev–Trinajstić information content (AvgIpc) is 4.18. The van der Waals surface area contributed by atoms with Crippen molar-refractivity contribution in [1.82, 2.24) is 49.8 Å². The zero-order valence-electron chi connectivity index (χ0n) is 43.1. The molecule has 4 aromatic rings. The van der Waals surface area contributed by atoms with Gasteiger partial charge in [-0.2, -0.15) is 20.4 Å². The van der Waals surface area contributed by atoms with E-state index in [2.05, 4.69) is 41.7 Å². The second-order valence-electron chi connectivity index (χ2n) is 18.8. The lowest BCUT2D eigenvalue weighted by Gasteiger charge is -2.28. The molecule has 0 aliphatic carbocycles. The van der Waals surface area contributed by atoms with Crippen molar-refractivity contribution in [2.45, 2.75) is 131 Å². The van der Waals surface area contributed by atoms with E-state index in [0.29, 0.717) is 66.1 Å². The van der Waals surface area contributed by atoms with Crippen molar-refractivity contribution in [3.63, 3.8) is 0 Å². The molecule has 2 aliphatic heterocycles. The molecule has 6 heterocycles. The van der Waals surface area contributed by atoms with Gasteiger partial charge in [0.05, 0.1) is 43.1 Å². The molecule has 0 bridgehead atoms. The number of esters is 1. The van der Waals surface area contributed by atoms with E-state index in [0.717, 1.165) is 13.2 Å². The van der Waals surface area contributed by atoms with Gasteiger partial charge >= 0.3 is 18.1 Å². The molecule has 6 N–H and O–H groups in total. The van der Waals surface area contributed by atoms with E-state index >= 15 is 0 Å². The molecule has 26 heteroatoms. The molecule has 4 atom stereocenters. The molecule has 6 rings (SSSR count). The minimum absolute atomic E-state index is 0.0366. The topological polar surface area (TPSA) is 316 Å². The number of methoxy groups -OCH3 is 2. The fourth-order valence-corrected chi connectivity index (χ4v) is 7.53. The number of carbonyl (C=O) groups is 5. The first-order valence-electron chi connectivity index (χ1n) is 23.6. The lowest BCUT2D eigenvalue weighted by molar-refractivity contribution is -0.150. The number of anilines is 2. The highest BCUT2D eigenvalue weighted by molar-refractivity contribution is 6.03. The number of carbonyl (C=O) groups excluding carboxylic acids is 5. The molecule has 5 amide bonds. The standard InChI is InChI=1S/C26H40N8O7.C16H24N6O4.C4H8O/c1-15(2)27-25(37)41-18-9-21(40-13-18)19-10-22(29-23(35)20-8-17(12-39-7)30-33(20)6)34(31-19)14-26(4,5)11-16(3)28-24(36)32-38;1-10(2)14(17)16(24)26-9-22-13(5-6-18-22)19-15(23)12-7-11(8-25-4)20-21(12)3;1-2-4-5-3-1/h8,10,15-16,18,21H,9,11-14H2,1-7H3,(H,27,37)(H,28,36)(H,29,35);5-7,10,14H,8-9,17H2,1-4H3,(H,19,23);1-4H2. The molecule has 0 spiro atoms. The van der Waals surface area contributed by atoms with Gasteiger partial charge in [0.25, 0.3) is 11.8 Å². The molecule has 0 saturated carbocycles. The number of nitroso groups, excluding NO2 is 1. The van der Waals surface area contributed by atoms with Crippen LogP contribution < -0.4 is 27.0 Å². The number of amides is 5. The van der Waals surface area contributed by atoms with Crippen LogP contribution in [0.25, 0.3) is 0 Å². The van der Waals surface area contributed by atoms with Gasteiger partial charge in [0.1, 0.15) is 41.3 Å². The third-order valence-electron chi connectivity index (χ3n) is 10.9. The maximum atomic E-state index is 13.3. The number of urea groups is 1. The SMILES string of the molecule is C1CCOC1.COCc1cc(C(=O)Nc2cc(C3CC(OC(=O)NC(C)C)CO3)nn2CC(C)(C)CC(C)NC(=O)N=O)n(C)n1.COCc1cc(C(=O)Nc2ccnn2COC(=O)C(N)C(C)C)n(C)n1. The molecular formula is C46H72N14O12. The number of alkyl carbamates (subject to hydrolysis) is 1. The molecule has 0 radical (unpaired) electrons. The van der Waals surface area contributed by atoms with E-state index in [9.17, 15) is 28.9 Å². The molecule has 72 heavy (non-hydrogen) atoms. The highest BCUT2D eigenvalue weighted by Gasteiger charge is 2.34. The predicted octanol–water partition coefficient (Wildman–Crippen LogP) is 4.56. The number of aromatic nitrogens is 8. The van der Waals surface area contributed by atoms with Gasteiger partial charge in [0, 0.05) is 83.9 Å². The summed E-state index contributed by atoms with van der Waals surface area (Å²) >= 11 is 0. The molecule has 0 aromatic carbocycles. The smallest absolute Gasteiger partial charge is 0.407 e. The van der Waals surface area contributed by atoms with Gasteiger partial charge in [-0.15, -0.1) is 4.91 Å². The molecule has 398 valence electrons. The molecule has 4 aromatic heterocycles. The van der Waals surface area contributed by atoms with E-state index in [-0.39, 0.29) is 49.8 Å². The van der Waals surface area contributed by atoms with Crippen LogP contribution in [0.15, 0.2) is 35.6 Å². The second-order valence-corrected chi connectivity index (χ2v) is 18.8. The monoisotopic (exact) mass is 1010 g/mol. The van der Waals surface area contributed by atoms with Gasteiger partial charge in [-0.25, -0.2) is 19.0 Å². The molecule has 2 fully saturated rings. The Kier molecular flexibility index (Phi) is 22.4. The van der Waals surface area contributed by atoms with Gasteiger partial charge in [0.2, 0.25) is 0 Å². The van der Waals surface area contributed by atoms with E-state index in [1.54, 1.807) is 64.2 Å². The van der Waals surface area contributed by atoms with Crippen LogP contribution in [0.4, 0.5) is 21.2 Å². The van der Waals surface area contributed by atoms with Crippen LogP contribution in [0.5, 0.6) is 0 Å². The highest BCUT2D eigenvalue weighted by Crippen LogP contribution is 2.33. The summed E-state index contributed by atoms with van der Waals surface area (Å²) in [7, 11) is 6.45. The molecule has 2 saturated heterocycles. The Bertz CT molecular complexity index is 2400. The van der Waals surface area contributed by atoms with E-state index in [4.69, 9.17) is 39.3 Å². The van der Waals surface area contributed by atoms with Crippen molar-refractivity contribution < 1.29 is 52.4 Å². The Morgan fingerprint density at radius 2 is 1.46 bits per heavy atom. The van der Waals surface area contributed by atoms with Crippen LogP contribution in [-0.4, -0.2) is 127 Å². The Labute approximate surface area is 418 Å². The number of hydrogen-bond acceptors (Lipinski definition) is 17. The second kappa shape index (κ2) is 27.8. The molecular weight excluding hydrogens is 941 g/mol. The van der Waals surface area contributed by atoms with Crippen molar-refractivity contribution >= 4 is 41.5 Å². The fourth-order valence-electron chi connectivity index (χ4n) is 7.53. The zero-order chi connectivity index (χ0) is 53.1. The molecule has 4 unspecified atom stereocenters. The third-order valence-corrected chi connectivity index (χ3v) is 10.9. The minimum Gasteiger partial charge on any atom is -0.444 e. The number of ether oxygens (including phenoxy) is 6. The van der Waals surface area contributed by atoms with Crippen LogP contribution >= 0.6 is 0 Å². The van der Waals surface area contributed by atoms with Crippen molar-refractivity contribution in [1.29, 1.82) is 0 Å². The minimum atomic E-state index is -0.927. The predicted molar refractivity (Wildman–Crippen MR) is 261 cm³/mol. The largest absolute Gasteiger partial charge is 0.444 e. The third kappa shape index (κ3) is 18.2. The highest BCUT2D eigenvalue weighted by atomic mass is 16.6. The summed E-state index contributed by atoms with van der Waals surface area (Å²) in [5, 5.41) is 30.6. The Balaban J connectivity index is 0.000000307. The molecule has 2 aliphatic rings. The molecule has 26 nitrogen and oxygen atoms in total. The van der Waals surface area contributed by atoms with Gasteiger partial charge in [-0.05, 0) is 63.5 Å². The first kappa shape index (κ1) is 58.0. The first-order valence-corrected chi connectivity index (χ1v) is 23.6. The lowest BCUT2D eigenvalue weighted by Crippen LogP contribution is -2.37. The van der Waals surface area contributed by atoms with Crippen molar-refractivity contribution in [3.8, 4) is 0 Å². The van der Waals surface area contributed by atoms with Gasteiger partial charge in [0.15, 0.2) is 6.73 Å². The summed E-state index contributed by atoms with van der Waals surface area (Å²) in [6, 6.07) is 4.61. The first-order chi connectivity index (χ1) is 34.1. The Hall–Kier alpha value is -6.61. The number of nitrogens with two attached hydrogens (primary N) is 1. The van der Waals surface area contributed by atoms with Crippen LogP contribution in [0.2, 0.25) is 0 Å². The number of rotatable bonds is 20. The van der Waals surface area contributed by atoms with Crippen molar-refractivity contribution in [2.24, 2.45) is 36.3 Å². The van der Waals surface area contributed by atoms with Gasteiger partial charge in [-0.3, -0.25) is 23.7 Å². The Morgan fingerprint density at radius 3 is 1.99 bits per heavy atom. The average molecular weight is 1010 g/mol. The number of nitrogens with zero attached hydrogens (tertiary/aromatic N) is 9. The van der Waals surface area contributed by atoms with E-state index < -0.39 is 41.8 Å². The summed E-state index contributed by atoms with van der Waals surface area (Å²) in [4.78, 5) is 71.5. The van der Waals surface area contributed by atoms with Crippen LogP contribution in [0.1, 0.15) is 118 Å². The maximum absolute atomic E-state index is 13.3. The normalized spacial score (nSPS) is 16.2. The van der Waals surface area contributed by atoms with Crippen LogP contribution in [0.3, 0.4) is 0 Å². The lowest BCUT2D eigenvalue weighted by atomic mass is 9.86. The summed E-state index contributed by atoms with van der Waals surface area (Å²) in [6.45, 7) is 16.1. The number of nitrogens with one attached hydrogen (secondary N) is 4. The summed E-state index contributed by atoms with van der Waals surface area (Å²) < 4.78 is 37.6. The van der Waals surface area contributed by atoms with Crippen molar-refractivity contribution in [3.05, 3.63) is 63.8 Å². The summed E-state index contributed by atoms with van der Waals surface area (Å²) in [5.41, 5.74) is 7.85. The number of aryl methyl sites for hydroxylation is 2. The fraction of sp³-hybridized carbons (Fsp3) is 0.630. The Morgan fingerprint density at radius 1 is 0.861 bits per heavy atom. The van der Waals surface area contributed by atoms with E-state index in [1.165, 1.54) is 33.1 Å². The van der Waals surface area contributed by atoms with Gasteiger partial charge < -0.3 is 55.4 Å². The summed E-state index contributed by atoms with van der Waals surface area (Å²) in [5.74, 6) is -0.493. The van der Waals surface area contributed by atoms with Gasteiger partial charge in [-0.1, -0.05) is 27.7 Å². The zero-order valence-corrected chi connectivity index (χ0v) is 43.1. The number of hydrogen-bond donors (Lipinski definition) is 5. The van der Waals surface area contributed by atoms with Crippen molar-refractivity contribution in [2.75, 3.05) is 44.7 Å². The van der Waals surface area contributed by atoms with Crippen LogP contribution in [0, 0.1) is 16.2 Å². The quantitative estimate of drug-likeness (QED) is 0.0599.